The van der Waals surface area contributed by atoms with Crippen LogP contribution in [0.2, 0.25) is 0 Å². The van der Waals surface area contributed by atoms with E-state index in [1.807, 2.05) is 12.2 Å². The zero-order valence-corrected chi connectivity index (χ0v) is 65.8. The number of phosphoric acid groups is 2. The van der Waals surface area contributed by atoms with E-state index >= 15 is 0 Å². The van der Waals surface area contributed by atoms with Gasteiger partial charge in [-0.3, -0.25) is 37.3 Å². The van der Waals surface area contributed by atoms with Gasteiger partial charge in [0.05, 0.1) is 26.4 Å². The van der Waals surface area contributed by atoms with Gasteiger partial charge < -0.3 is 33.8 Å². The molecule has 19 heteroatoms. The molecule has 0 fully saturated rings. The van der Waals surface area contributed by atoms with Crippen LogP contribution in [0.25, 0.3) is 0 Å². The largest absolute Gasteiger partial charge is 0.472 e. The summed E-state index contributed by atoms with van der Waals surface area (Å²) in [6.45, 7) is 4.68. The van der Waals surface area contributed by atoms with E-state index in [4.69, 9.17) is 37.0 Å². The molecule has 0 amide bonds. The highest BCUT2D eigenvalue weighted by molar-refractivity contribution is 7.47. The van der Waals surface area contributed by atoms with Gasteiger partial charge in [-0.05, 0) is 148 Å². The first-order valence-electron chi connectivity index (χ1n) is 39.8. The van der Waals surface area contributed by atoms with E-state index in [0.717, 1.165) is 148 Å². The van der Waals surface area contributed by atoms with Crippen molar-refractivity contribution >= 4 is 39.5 Å². The number of esters is 4. The Kier molecular flexibility index (Phi) is 71.4. The molecule has 0 aromatic heterocycles. The maximum Gasteiger partial charge on any atom is 0.472 e. The molecule has 3 N–H and O–H groups in total. The second-order valence-electron chi connectivity index (χ2n) is 26.3. The van der Waals surface area contributed by atoms with Gasteiger partial charge in [0.15, 0.2) is 12.2 Å². The second-order valence-corrected chi connectivity index (χ2v) is 29.3. The number of hydrogen-bond donors (Lipinski definition) is 3. The van der Waals surface area contributed by atoms with Crippen LogP contribution in [-0.2, 0) is 65.4 Å². The molecule has 0 spiro atoms. The Bertz CT molecular complexity index is 2410. The van der Waals surface area contributed by atoms with Gasteiger partial charge in [-0.25, -0.2) is 9.13 Å². The molecule has 0 aliphatic rings. The van der Waals surface area contributed by atoms with E-state index in [1.54, 1.807) is 0 Å². The highest BCUT2D eigenvalue weighted by atomic mass is 31.2. The van der Waals surface area contributed by atoms with Crippen molar-refractivity contribution in [3.8, 4) is 0 Å². The molecule has 17 nitrogen and oxygen atoms in total. The summed E-state index contributed by atoms with van der Waals surface area (Å²) in [7, 11) is -9.99. The predicted octanol–water partition coefficient (Wildman–Crippen LogP) is 23.1. The zero-order chi connectivity index (χ0) is 74.6. The van der Waals surface area contributed by atoms with Crippen LogP contribution in [-0.4, -0.2) is 96.7 Å². The minimum Gasteiger partial charge on any atom is -0.462 e. The van der Waals surface area contributed by atoms with Crippen LogP contribution in [0.15, 0.2) is 122 Å². The number of ether oxygens (including phenoxy) is 4. The molecule has 0 radical (unpaired) electrons. The average Bonchev–Trinajstić information content (AvgIpc) is 0.917. The van der Waals surface area contributed by atoms with Crippen LogP contribution in [0, 0.1) is 0 Å². The minimum absolute atomic E-state index is 0.0135. The number of aliphatic hydroxyl groups excluding tert-OH is 1. The highest BCUT2D eigenvalue weighted by Crippen LogP contribution is 2.45. The van der Waals surface area contributed by atoms with Crippen molar-refractivity contribution in [1.82, 2.24) is 0 Å². The van der Waals surface area contributed by atoms with Gasteiger partial charge in [0.1, 0.15) is 19.3 Å². The van der Waals surface area contributed by atoms with Gasteiger partial charge >= 0.3 is 39.5 Å². The summed E-state index contributed by atoms with van der Waals surface area (Å²) < 4.78 is 68.5. The van der Waals surface area contributed by atoms with Crippen LogP contribution in [0.1, 0.15) is 323 Å². The quantitative estimate of drug-likeness (QED) is 0.0128. The first kappa shape index (κ1) is 97.5. The zero-order valence-electron chi connectivity index (χ0n) is 64.0. The maximum atomic E-state index is 13.1. The van der Waals surface area contributed by atoms with Gasteiger partial charge in [0.2, 0.25) is 0 Å². The lowest BCUT2D eigenvalue weighted by molar-refractivity contribution is -0.161. The van der Waals surface area contributed by atoms with Crippen molar-refractivity contribution in [3.63, 3.8) is 0 Å². The second kappa shape index (κ2) is 74.7. The van der Waals surface area contributed by atoms with E-state index in [9.17, 15) is 43.2 Å². The SMILES string of the molecule is CCCCC/C=C\C/C=C\C/C=C\C/C=C\CCCC(=O)O[C@H](COC(=O)CCCCCCC/C=C\C/C=C\CCCCC)COP(=O)(O)OC[C@@H](O)COP(=O)(O)OC[C@@H](COC(=O)CCCCCCC/C=C\C=C/CCCCCC)OC(=O)CCCCCCC/C=C\C=C/CCCCCC. The Morgan fingerprint density at radius 3 is 0.853 bits per heavy atom. The number of hydrogen-bond acceptors (Lipinski definition) is 15. The Hall–Kier alpha value is -4.54. The Labute approximate surface area is 619 Å². The van der Waals surface area contributed by atoms with Gasteiger partial charge in [0.25, 0.3) is 0 Å². The topological polar surface area (TPSA) is 237 Å². The van der Waals surface area contributed by atoms with Crippen molar-refractivity contribution in [2.75, 3.05) is 39.6 Å². The van der Waals surface area contributed by atoms with Crippen LogP contribution in [0.4, 0.5) is 0 Å². The summed E-state index contributed by atoms with van der Waals surface area (Å²) >= 11 is 0. The molecule has 0 aliphatic carbocycles. The number of unbranched alkanes of at least 4 members (excludes halogenated alkanes) is 30. The molecule has 0 rings (SSSR count). The smallest absolute Gasteiger partial charge is 0.462 e. The third kappa shape index (κ3) is 73.8. The van der Waals surface area contributed by atoms with Crippen molar-refractivity contribution in [3.05, 3.63) is 122 Å². The fraction of sp³-hybridized carbons (Fsp3) is 0.711. The molecular formula is C83H142O17P2. The minimum atomic E-state index is -5.00. The van der Waals surface area contributed by atoms with E-state index < -0.39 is 97.5 Å². The van der Waals surface area contributed by atoms with Gasteiger partial charge in [-0.15, -0.1) is 0 Å². The molecule has 102 heavy (non-hydrogen) atoms. The molecule has 586 valence electrons. The van der Waals surface area contributed by atoms with Gasteiger partial charge in [-0.2, -0.15) is 0 Å². The van der Waals surface area contributed by atoms with Crippen molar-refractivity contribution in [2.45, 2.75) is 341 Å². The van der Waals surface area contributed by atoms with Crippen LogP contribution < -0.4 is 0 Å². The molecule has 2 unspecified atom stereocenters. The van der Waals surface area contributed by atoms with Crippen molar-refractivity contribution in [2.24, 2.45) is 0 Å². The fourth-order valence-corrected chi connectivity index (χ4v) is 11.9. The standard InChI is InChI=1S/C83H142O17P2/c1-5-9-13-17-21-25-29-33-37-38-42-46-50-54-58-62-66-70-83(88)100-79(74-94-81(86)68-64-60-56-52-48-44-40-35-31-27-23-19-15-11-7-3)76-98-102(91,92)96-72-77(84)71-95-101(89,90)97-75-78(99-82(87)69-65-61-57-53-49-45-41-36-32-28-24-20-16-12-8-4)73-93-80(85)67-63-59-55-51-47-43-39-34-30-26-22-18-14-10-6-2/h21,23,25-28,30,32-37,39-42,46,54,58,77-79,84H,5-20,22,24,29,31,38,43-45,47-53,55-57,59-76H2,1-4H3,(H,89,90)(H,91,92)/b25-21-,27-23-,30-26-,32-28-,37-33-,39-34-,40-35-,41-36-,46-42-,58-54-/t77-,78+,79+/m0/s1. The Morgan fingerprint density at radius 1 is 0.284 bits per heavy atom. The number of carbonyl (C=O) groups is 4. The highest BCUT2D eigenvalue weighted by Gasteiger charge is 2.30. The molecule has 0 bridgehead atoms. The van der Waals surface area contributed by atoms with E-state index in [1.165, 1.54) is 89.9 Å². The fourth-order valence-electron chi connectivity index (χ4n) is 10.3. The molecular weight excluding hydrogens is 1330 g/mol. The van der Waals surface area contributed by atoms with E-state index in [2.05, 4.69) is 137 Å². The summed E-state index contributed by atoms with van der Waals surface area (Å²) in [5.74, 6) is -2.29. The maximum absolute atomic E-state index is 13.1. The van der Waals surface area contributed by atoms with Crippen LogP contribution in [0.3, 0.4) is 0 Å². The lowest BCUT2D eigenvalue weighted by Gasteiger charge is -2.21. The summed E-state index contributed by atoms with van der Waals surface area (Å²) in [6.07, 6.45) is 81.8. The molecule has 0 saturated carbocycles. The first-order chi connectivity index (χ1) is 49.7. The third-order valence-corrected chi connectivity index (χ3v) is 18.3. The molecule has 0 saturated heterocycles. The lowest BCUT2D eigenvalue weighted by Crippen LogP contribution is -2.30. The van der Waals surface area contributed by atoms with Gasteiger partial charge in [0, 0.05) is 25.7 Å². The monoisotopic (exact) mass is 1470 g/mol. The Morgan fingerprint density at radius 2 is 0.520 bits per heavy atom. The number of rotatable bonds is 74. The van der Waals surface area contributed by atoms with Crippen LogP contribution >= 0.6 is 15.6 Å². The van der Waals surface area contributed by atoms with Crippen molar-refractivity contribution < 1.29 is 80.2 Å². The van der Waals surface area contributed by atoms with Crippen LogP contribution in [0.5, 0.6) is 0 Å². The molecule has 5 atom stereocenters. The summed E-state index contributed by atoms with van der Waals surface area (Å²) in [5.41, 5.74) is 0. The van der Waals surface area contributed by atoms with Crippen molar-refractivity contribution in [1.29, 1.82) is 0 Å². The van der Waals surface area contributed by atoms with E-state index in [-0.39, 0.29) is 25.7 Å². The normalized spacial score (nSPS) is 14.5. The lowest BCUT2D eigenvalue weighted by atomic mass is 10.1. The average molecular weight is 1470 g/mol. The molecule has 0 aromatic carbocycles. The number of phosphoric ester groups is 2. The summed E-state index contributed by atoms with van der Waals surface area (Å²) in [6, 6.07) is 0. The third-order valence-electron chi connectivity index (χ3n) is 16.4. The molecule has 0 heterocycles. The van der Waals surface area contributed by atoms with Gasteiger partial charge in [-0.1, -0.05) is 271 Å². The number of carbonyl (C=O) groups excluding carboxylic acids is 4. The first-order valence-corrected chi connectivity index (χ1v) is 42.8. The molecule has 0 aliphatic heterocycles. The number of allylic oxidation sites excluding steroid dienone is 20. The summed E-state index contributed by atoms with van der Waals surface area (Å²) in [5, 5.41) is 10.6. The number of aliphatic hydroxyl groups is 1. The summed E-state index contributed by atoms with van der Waals surface area (Å²) in [4.78, 5) is 73.0. The Balaban J connectivity index is 5.45. The predicted molar refractivity (Wildman–Crippen MR) is 418 cm³/mol. The van der Waals surface area contributed by atoms with E-state index in [0.29, 0.717) is 32.1 Å². The molecule has 0 aromatic rings.